The highest BCUT2D eigenvalue weighted by Crippen LogP contribution is 2.28. The third kappa shape index (κ3) is 3.50. The van der Waals surface area contributed by atoms with Gasteiger partial charge in [-0.1, -0.05) is 12.1 Å². The van der Waals surface area contributed by atoms with Gasteiger partial charge in [-0.15, -0.1) is 0 Å². The number of sulfonamides is 1. The molecule has 0 fully saturated rings. The average Bonchev–Trinajstić information content (AvgIpc) is 2.56. The van der Waals surface area contributed by atoms with Crippen molar-refractivity contribution in [2.24, 2.45) is 0 Å². The number of carbonyl (C=O) groups is 1. The van der Waals surface area contributed by atoms with Crippen molar-refractivity contribution in [1.82, 2.24) is 4.31 Å². The quantitative estimate of drug-likeness (QED) is 0.803. The summed E-state index contributed by atoms with van der Waals surface area (Å²) in [7, 11) is 0.360. The van der Waals surface area contributed by atoms with E-state index in [1.165, 1.54) is 51.5 Å². The fourth-order valence-electron chi connectivity index (χ4n) is 1.99. The highest BCUT2D eigenvalue weighted by molar-refractivity contribution is 7.89. The SMILES string of the molecule is COc1ccc(C(=O)Nc2ccccc2O)cc1S(=O)(=O)N(C)C. The molecule has 2 N–H and O–H groups in total. The van der Waals surface area contributed by atoms with Crippen LogP contribution in [0.15, 0.2) is 47.4 Å². The number of rotatable bonds is 5. The number of nitrogens with zero attached hydrogens (tertiary/aromatic N) is 1. The van der Waals surface area contributed by atoms with Crippen molar-refractivity contribution in [1.29, 1.82) is 0 Å². The molecule has 2 aromatic carbocycles. The van der Waals surface area contributed by atoms with Gasteiger partial charge < -0.3 is 15.2 Å². The summed E-state index contributed by atoms with van der Waals surface area (Å²) in [6.07, 6.45) is 0. The van der Waals surface area contributed by atoms with Crippen molar-refractivity contribution in [2.45, 2.75) is 4.90 Å². The Morgan fingerprint density at radius 1 is 1.17 bits per heavy atom. The zero-order valence-electron chi connectivity index (χ0n) is 13.5. The zero-order valence-corrected chi connectivity index (χ0v) is 14.3. The monoisotopic (exact) mass is 350 g/mol. The van der Waals surface area contributed by atoms with Crippen molar-refractivity contribution < 1.29 is 23.1 Å². The number of phenolic OH excluding ortho intramolecular Hbond substituents is 1. The van der Waals surface area contributed by atoms with E-state index < -0.39 is 15.9 Å². The number of hydrogen-bond acceptors (Lipinski definition) is 5. The van der Waals surface area contributed by atoms with Crippen LogP contribution in [0.2, 0.25) is 0 Å². The van der Waals surface area contributed by atoms with Gasteiger partial charge in [0.2, 0.25) is 10.0 Å². The fourth-order valence-corrected chi connectivity index (χ4v) is 3.06. The molecule has 8 heteroatoms. The molecule has 0 bridgehead atoms. The Morgan fingerprint density at radius 3 is 2.42 bits per heavy atom. The molecule has 0 aliphatic heterocycles. The molecule has 0 heterocycles. The maximum atomic E-state index is 12.4. The number of nitrogens with one attached hydrogen (secondary N) is 1. The van der Waals surface area contributed by atoms with Gasteiger partial charge >= 0.3 is 0 Å². The van der Waals surface area contributed by atoms with Crippen LogP contribution in [0, 0.1) is 0 Å². The van der Waals surface area contributed by atoms with Crippen molar-refractivity contribution >= 4 is 21.6 Å². The number of amides is 1. The van der Waals surface area contributed by atoms with Crippen LogP contribution in [0.25, 0.3) is 0 Å². The lowest BCUT2D eigenvalue weighted by Crippen LogP contribution is -2.23. The number of methoxy groups -OCH3 is 1. The number of ether oxygens (including phenoxy) is 1. The van der Waals surface area contributed by atoms with Crippen molar-refractivity contribution in [3.05, 3.63) is 48.0 Å². The number of anilines is 1. The first-order chi connectivity index (χ1) is 11.3. The van der Waals surface area contributed by atoms with E-state index >= 15 is 0 Å². The van der Waals surface area contributed by atoms with Gasteiger partial charge in [-0.3, -0.25) is 4.79 Å². The Kier molecular flexibility index (Phi) is 5.10. The molecule has 0 radical (unpaired) electrons. The summed E-state index contributed by atoms with van der Waals surface area (Å²) in [6, 6.07) is 10.4. The molecule has 0 unspecified atom stereocenters. The molecule has 2 rings (SSSR count). The zero-order chi connectivity index (χ0) is 17.9. The summed E-state index contributed by atoms with van der Waals surface area (Å²) >= 11 is 0. The van der Waals surface area contributed by atoms with E-state index in [1.807, 2.05) is 0 Å². The van der Waals surface area contributed by atoms with Gasteiger partial charge in [0.25, 0.3) is 5.91 Å². The van der Waals surface area contributed by atoms with Crippen LogP contribution in [0.3, 0.4) is 0 Å². The molecule has 0 saturated carbocycles. The largest absolute Gasteiger partial charge is 0.506 e. The first kappa shape index (κ1) is 17.8. The summed E-state index contributed by atoms with van der Waals surface area (Å²) in [4.78, 5) is 12.2. The highest BCUT2D eigenvalue weighted by atomic mass is 32.2. The van der Waals surface area contributed by atoms with Gasteiger partial charge in [0.1, 0.15) is 16.4 Å². The Hall–Kier alpha value is -2.58. The van der Waals surface area contributed by atoms with Crippen molar-refractivity contribution in [2.75, 3.05) is 26.5 Å². The number of para-hydroxylation sites is 2. The summed E-state index contributed by atoms with van der Waals surface area (Å²) in [6.45, 7) is 0. The molecule has 0 spiro atoms. The maximum absolute atomic E-state index is 12.4. The van der Waals surface area contributed by atoms with Crippen molar-refractivity contribution in [3.8, 4) is 11.5 Å². The molecule has 0 aliphatic carbocycles. The Balaban J connectivity index is 2.42. The summed E-state index contributed by atoms with van der Waals surface area (Å²) in [5.74, 6) is -0.488. The third-order valence-electron chi connectivity index (χ3n) is 3.34. The van der Waals surface area contributed by atoms with Crippen molar-refractivity contribution in [3.63, 3.8) is 0 Å². The minimum atomic E-state index is -3.78. The van der Waals surface area contributed by atoms with E-state index in [2.05, 4.69) is 5.32 Å². The number of phenols is 1. The smallest absolute Gasteiger partial charge is 0.255 e. The molecule has 128 valence electrons. The van der Waals surface area contributed by atoms with Crippen LogP contribution in [0.4, 0.5) is 5.69 Å². The number of hydrogen-bond donors (Lipinski definition) is 2. The Morgan fingerprint density at radius 2 is 1.83 bits per heavy atom. The topological polar surface area (TPSA) is 95.9 Å². The predicted molar refractivity (Wildman–Crippen MR) is 89.9 cm³/mol. The molecule has 1 amide bonds. The lowest BCUT2D eigenvalue weighted by molar-refractivity contribution is 0.102. The van der Waals surface area contributed by atoms with Gasteiger partial charge in [0, 0.05) is 19.7 Å². The van der Waals surface area contributed by atoms with Crippen LogP contribution >= 0.6 is 0 Å². The highest BCUT2D eigenvalue weighted by Gasteiger charge is 2.24. The summed E-state index contributed by atoms with van der Waals surface area (Å²) in [5.41, 5.74) is 0.356. The summed E-state index contributed by atoms with van der Waals surface area (Å²) in [5, 5.41) is 12.2. The number of aromatic hydroxyl groups is 1. The third-order valence-corrected chi connectivity index (χ3v) is 5.17. The van der Waals surface area contributed by atoms with Crippen LogP contribution in [0.5, 0.6) is 11.5 Å². The Labute approximate surface area is 140 Å². The van der Waals surface area contributed by atoms with E-state index in [9.17, 15) is 18.3 Å². The van der Waals surface area contributed by atoms with E-state index in [4.69, 9.17) is 4.74 Å². The van der Waals surface area contributed by atoms with Crippen LogP contribution in [-0.2, 0) is 10.0 Å². The lowest BCUT2D eigenvalue weighted by Gasteiger charge is -2.15. The standard InChI is InChI=1S/C16H18N2O5S/c1-18(2)24(21,22)15-10-11(8-9-14(15)23-3)16(20)17-12-6-4-5-7-13(12)19/h4-10,19H,1-3H3,(H,17,20). The molecule has 0 atom stereocenters. The van der Waals surface area contributed by atoms with Crippen LogP contribution < -0.4 is 10.1 Å². The molecule has 24 heavy (non-hydrogen) atoms. The Bertz CT molecular complexity index is 863. The van der Waals surface area contributed by atoms with Gasteiger partial charge in [-0.05, 0) is 30.3 Å². The van der Waals surface area contributed by atoms with Gasteiger partial charge in [0.05, 0.1) is 12.8 Å². The second kappa shape index (κ2) is 6.90. The fraction of sp³-hybridized carbons (Fsp3) is 0.188. The van der Waals surface area contributed by atoms with Gasteiger partial charge in [-0.25, -0.2) is 12.7 Å². The van der Waals surface area contributed by atoms with E-state index in [0.29, 0.717) is 0 Å². The number of benzene rings is 2. The second-order valence-corrected chi connectivity index (χ2v) is 7.24. The minimum Gasteiger partial charge on any atom is -0.506 e. The van der Waals surface area contributed by atoms with E-state index in [-0.39, 0.29) is 27.6 Å². The molecular weight excluding hydrogens is 332 g/mol. The first-order valence-electron chi connectivity index (χ1n) is 6.97. The lowest BCUT2D eigenvalue weighted by atomic mass is 10.2. The van der Waals surface area contributed by atoms with Gasteiger partial charge in [-0.2, -0.15) is 0 Å². The van der Waals surface area contributed by atoms with Gasteiger partial charge in [0.15, 0.2) is 0 Å². The second-order valence-electron chi connectivity index (χ2n) is 5.12. The molecular formula is C16H18N2O5S. The predicted octanol–water partition coefficient (Wildman–Crippen LogP) is 1.90. The minimum absolute atomic E-state index is 0.0829. The summed E-state index contributed by atoms with van der Waals surface area (Å²) < 4.78 is 30.9. The average molecular weight is 350 g/mol. The normalized spacial score (nSPS) is 11.3. The molecule has 0 saturated heterocycles. The molecule has 0 aromatic heterocycles. The van der Waals surface area contributed by atoms with E-state index in [1.54, 1.807) is 12.1 Å². The molecule has 2 aromatic rings. The van der Waals surface area contributed by atoms with Crippen LogP contribution in [-0.4, -0.2) is 44.9 Å². The maximum Gasteiger partial charge on any atom is 0.255 e. The van der Waals surface area contributed by atoms with E-state index in [0.717, 1.165) is 4.31 Å². The first-order valence-corrected chi connectivity index (χ1v) is 8.41. The number of carbonyl (C=O) groups excluding carboxylic acids is 1. The molecule has 0 aliphatic rings. The molecule has 7 nitrogen and oxygen atoms in total. The van der Waals surface area contributed by atoms with Crippen LogP contribution in [0.1, 0.15) is 10.4 Å².